The molecule has 0 saturated carbocycles. The second kappa shape index (κ2) is 9.58. The molecule has 1 heterocycles. The summed E-state index contributed by atoms with van der Waals surface area (Å²) in [5.41, 5.74) is 0.247. The lowest BCUT2D eigenvalue weighted by Gasteiger charge is -2.38. The van der Waals surface area contributed by atoms with Gasteiger partial charge in [0.1, 0.15) is 5.82 Å². The van der Waals surface area contributed by atoms with Crippen LogP contribution in [-0.2, 0) is 14.8 Å². The monoisotopic (exact) mass is 471 g/mol. The third-order valence-corrected chi connectivity index (χ3v) is 6.95. The lowest BCUT2D eigenvalue weighted by Crippen LogP contribution is -2.46. The van der Waals surface area contributed by atoms with Gasteiger partial charge < -0.3 is 4.74 Å². The standard InChI is InChI=1S/C20H23ClFN3O5S/c1-13-6-7-15(10-18(13)25(26)27)31(28,29)23-11-19(24-8-9-30-14(2)12-24)20-16(21)4-3-5-17(20)22/h3-7,10,14,19,23H,8-9,11-12H2,1-2H3. The predicted octanol–water partition coefficient (Wildman–Crippen LogP) is 3.44. The number of nitrogens with one attached hydrogen (secondary N) is 1. The molecule has 1 aliphatic heterocycles. The number of hydrogen-bond acceptors (Lipinski definition) is 6. The smallest absolute Gasteiger partial charge is 0.273 e. The van der Waals surface area contributed by atoms with Crippen LogP contribution in [0.2, 0.25) is 5.02 Å². The molecule has 0 amide bonds. The highest BCUT2D eigenvalue weighted by molar-refractivity contribution is 7.89. The Labute approximate surface area is 185 Å². The van der Waals surface area contributed by atoms with Crippen molar-refractivity contribution < 1.29 is 22.5 Å². The van der Waals surface area contributed by atoms with Crippen LogP contribution in [0, 0.1) is 22.9 Å². The van der Waals surface area contributed by atoms with Crippen molar-refractivity contribution in [2.45, 2.75) is 30.9 Å². The Kier molecular flexibility index (Phi) is 7.28. The fourth-order valence-electron chi connectivity index (χ4n) is 3.60. The minimum atomic E-state index is -4.09. The molecule has 0 bridgehead atoms. The Morgan fingerprint density at radius 3 is 2.77 bits per heavy atom. The zero-order valence-corrected chi connectivity index (χ0v) is 18.6. The van der Waals surface area contributed by atoms with Crippen LogP contribution in [0.15, 0.2) is 41.3 Å². The highest BCUT2D eigenvalue weighted by atomic mass is 35.5. The summed E-state index contributed by atoms with van der Waals surface area (Å²) in [6, 6.07) is 7.31. The minimum absolute atomic E-state index is 0.113. The van der Waals surface area contributed by atoms with E-state index in [1.54, 1.807) is 6.07 Å². The van der Waals surface area contributed by atoms with Gasteiger partial charge >= 0.3 is 0 Å². The van der Waals surface area contributed by atoms with E-state index in [2.05, 4.69) is 4.72 Å². The molecule has 0 spiro atoms. The summed E-state index contributed by atoms with van der Waals surface area (Å²) in [7, 11) is -4.09. The van der Waals surface area contributed by atoms with Gasteiger partial charge in [-0.05, 0) is 32.0 Å². The second-order valence-electron chi connectivity index (χ2n) is 7.38. The number of morpholine rings is 1. The van der Waals surface area contributed by atoms with Crippen LogP contribution in [0.1, 0.15) is 24.1 Å². The number of nitro benzene ring substituents is 1. The Hall–Kier alpha value is -2.11. The van der Waals surface area contributed by atoms with Gasteiger partial charge in [-0.15, -0.1) is 0 Å². The molecular formula is C20H23ClFN3O5S. The predicted molar refractivity (Wildman–Crippen MR) is 114 cm³/mol. The van der Waals surface area contributed by atoms with E-state index < -0.39 is 26.8 Å². The number of halogens is 2. The molecular weight excluding hydrogens is 449 g/mol. The molecule has 2 aromatic carbocycles. The summed E-state index contributed by atoms with van der Waals surface area (Å²) in [6.45, 7) is 4.59. The molecule has 1 saturated heterocycles. The van der Waals surface area contributed by atoms with Crippen molar-refractivity contribution in [2.75, 3.05) is 26.2 Å². The quantitative estimate of drug-likeness (QED) is 0.490. The van der Waals surface area contributed by atoms with Crippen molar-refractivity contribution in [3.63, 3.8) is 0 Å². The van der Waals surface area contributed by atoms with Crippen LogP contribution < -0.4 is 4.72 Å². The van der Waals surface area contributed by atoms with Gasteiger partial charge in [-0.1, -0.05) is 23.7 Å². The first-order valence-electron chi connectivity index (χ1n) is 9.64. The van der Waals surface area contributed by atoms with Gasteiger partial charge in [0, 0.05) is 41.9 Å². The summed E-state index contributed by atoms with van der Waals surface area (Å²) in [5, 5.41) is 11.4. The molecule has 0 radical (unpaired) electrons. The molecule has 2 unspecified atom stereocenters. The Bertz CT molecular complexity index is 1060. The van der Waals surface area contributed by atoms with Gasteiger partial charge in [0.15, 0.2) is 0 Å². The number of sulfonamides is 1. The highest BCUT2D eigenvalue weighted by Crippen LogP contribution is 2.31. The van der Waals surface area contributed by atoms with E-state index in [1.165, 1.54) is 31.2 Å². The Morgan fingerprint density at radius 2 is 2.13 bits per heavy atom. The lowest BCUT2D eigenvalue weighted by molar-refractivity contribution is -0.385. The molecule has 3 rings (SSSR count). The summed E-state index contributed by atoms with van der Waals surface area (Å²) in [5.74, 6) is -0.540. The van der Waals surface area contributed by atoms with E-state index >= 15 is 0 Å². The minimum Gasteiger partial charge on any atom is -0.376 e. The number of benzene rings is 2. The van der Waals surface area contributed by atoms with Crippen molar-refractivity contribution in [1.29, 1.82) is 0 Å². The maximum atomic E-state index is 14.7. The molecule has 1 N–H and O–H groups in total. The molecule has 8 nitrogen and oxygen atoms in total. The topological polar surface area (TPSA) is 102 Å². The number of nitro groups is 1. The largest absolute Gasteiger partial charge is 0.376 e. The summed E-state index contributed by atoms with van der Waals surface area (Å²) in [6.07, 6.45) is -0.113. The van der Waals surface area contributed by atoms with Crippen molar-refractivity contribution in [2.24, 2.45) is 0 Å². The molecule has 11 heteroatoms. The first kappa shape index (κ1) is 23.6. The second-order valence-corrected chi connectivity index (χ2v) is 9.56. The number of ether oxygens (including phenoxy) is 1. The van der Waals surface area contributed by atoms with Crippen LogP contribution in [-0.4, -0.2) is 50.6 Å². The highest BCUT2D eigenvalue weighted by Gasteiger charge is 2.31. The maximum absolute atomic E-state index is 14.7. The van der Waals surface area contributed by atoms with Gasteiger partial charge in [0.05, 0.1) is 28.6 Å². The number of rotatable bonds is 7. The van der Waals surface area contributed by atoms with E-state index in [-0.39, 0.29) is 33.8 Å². The molecule has 0 aliphatic carbocycles. The SMILES string of the molecule is Cc1ccc(S(=O)(=O)NCC(c2c(F)cccc2Cl)N2CCOC(C)C2)cc1[N+](=O)[O-]. The third kappa shape index (κ3) is 5.39. The van der Waals surface area contributed by atoms with Crippen LogP contribution in [0.3, 0.4) is 0 Å². The van der Waals surface area contributed by atoms with Gasteiger partial charge in [-0.25, -0.2) is 17.5 Å². The average molecular weight is 472 g/mol. The molecule has 1 aliphatic rings. The molecule has 1 fully saturated rings. The van der Waals surface area contributed by atoms with Gasteiger partial charge in [0.25, 0.3) is 5.69 Å². The average Bonchev–Trinajstić information content (AvgIpc) is 2.70. The normalized spacial score (nSPS) is 18.6. The van der Waals surface area contributed by atoms with Crippen LogP contribution >= 0.6 is 11.6 Å². The van der Waals surface area contributed by atoms with E-state index in [9.17, 15) is 22.9 Å². The lowest BCUT2D eigenvalue weighted by atomic mass is 10.0. The summed E-state index contributed by atoms with van der Waals surface area (Å²) >= 11 is 6.27. The van der Waals surface area contributed by atoms with Crippen molar-refractivity contribution in [3.8, 4) is 0 Å². The van der Waals surface area contributed by atoms with E-state index in [4.69, 9.17) is 16.3 Å². The zero-order chi connectivity index (χ0) is 22.8. The van der Waals surface area contributed by atoms with E-state index in [0.717, 1.165) is 6.07 Å². The Morgan fingerprint density at radius 1 is 1.39 bits per heavy atom. The maximum Gasteiger partial charge on any atom is 0.273 e. The van der Waals surface area contributed by atoms with Crippen LogP contribution in [0.25, 0.3) is 0 Å². The number of nitrogens with zero attached hydrogens (tertiary/aromatic N) is 2. The van der Waals surface area contributed by atoms with Crippen molar-refractivity contribution in [3.05, 3.63) is 68.5 Å². The zero-order valence-electron chi connectivity index (χ0n) is 17.0. The van der Waals surface area contributed by atoms with Crippen molar-refractivity contribution >= 4 is 27.3 Å². The summed E-state index contributed by atoms with van der Waals surface area (Å²) < 4.78 is 48.4. The molecule has 31 heavy (non-hydrogen) atoms. The third-order valence-electron chi connectivity index (χ3n) is 5.20. The number of aryl methyl sites for hydroxylation is 1. The molecule has 0 aromatic heterocycles. The van der Waals surface area contributed by atoms with Crippen molar-refractivity contribution in [1.82, 2.24) is 9.62 Å². The molecule has 2 atom stereocenters. The molecule has 2 aromatic rings. The Balaban J connectivity index is 1.91. The first-order chi connectivity index (χ1) is 14.6. The van der Waals surface area contributed by atoms with E-state index in [1.807, 2.05) is 11.8 Å². The summed E-state index contributed by atoms with van der Waals surface area (Å²) in [4.78, 5) is 12.2. The van der Waals surface area contributed by atoms with Gasteiger partial charge in [-0.3, -0.25) is 15.0 Å². The fourth-order valence-corrected chi connectivity index (χ4v) is 4.94. The van der Waals surface area contributed by atoms with Gasteiger partial charge in [0.2, 0.25) is 10.0 Å². The molecule has 168 valence electrons. The van der Waals surface area contributed by atoms with Gasteiger partial charge in [-0.2, -0.15) is 0 Å². The van der Waals surface area contributed by atoms with E-state index in [0.29, 0.717) is 25.3 Å². The fraction of sp³-hybridized carbons (Fsp3) is 0.400. The first-order valence-corrected chi connectivity index (χ1v) is 11.5. The van der Waals surface area contributed by atoms with Crippen LogP contribution in [0.4, 0.5) is 10.1 Å². The van der Waals surface area contributed by atoms with Crippen LogP contribution in [0.5, 0.6) is 0 Å². The number of hydrogen-bond donors (Lipinski definition) is 1.